The lowest BCUT2D eigenvalue weighted by Crippen LogP contribution is -2.22. The lowest BCUT2D eigenvalue weighted by Gasteiger charge is -2.13. The SMILES string of the molecule is Cl.O=C(O)C=C(CCN1CCCC1)C(=O)O. The van der Waals surface area contributed by atoms with E-state index in [9.17, 15) is 9.59 Å². The van der Waals surface area contributed by atoms with E-state index in [2.05, 4.69) is 4.90 Å². The second kappa shape index (κ2) is 7.24. The number of likely N-dealkylation sites (tertiary alicyclic amines) is 1. The molecule has 0 spiro atoms. The number of rotatable bonds is 5. The van der Waals surface area contributed by atoms with Crippen LogP contribution in [-0.4, -0.2) is 46.7 Å². The molecular weight excluding hydrogens is 234 g/mol. The van der Waals surface area contributed by atoms with Crippen molar-refractivity contribution < 1.29 is 19.8 Å². The highest BCUT2D eigenvalue weighted by molar-refractivity contribution is 5.94. The highest BCUT2D eigenvalue weighted by atomic mass is 35.5. The Hall–Kier alpha value is -1.07. The normalized spacial score (nSPS) is 16.9. The molecule has 0 bridgehead atoms. The molecule has 5 nitrogen and oxygen atoms in total. The first kappa shape index (κ1) is 14.9. The third-order valence-corrected chi connectivity index (χ3v) is 2.47. The quantitative estimate of drug-likeness (QED) is 0.711. The van der Waals surface area contributed by atoms with Crippen LogP contribution in [0.2, 0.25) is 0 Å². The molecule has 1 aliphatic heterocycles. The molecule has 1 heterocycles. The first-order chi connectivity index (χ1) is 7.09. The van der Waals surface area contributed by atoms with E-state index in [0.717, 1.165) is 32.0 Å². The molecule has 0 aromatic carbocycles. The zero-order chi connectivity index (χ0) is 11.3. The standard InChI is InChI=1S/C10H15NO4.ClH/c12-9(13)7-8(10(14)15)3-6-11-4-1-2-5-11;/h7H,1-6H2,(H,12,13)(H,14,15);1H. The Morgan fingerprint density at radius 3 is 2.19 bits per heavy atom. The van der Waals surface area contributed by atoms with Crippen molar-refractivity contribution in [2.45, 2.75) is 19.3 Å². The van der Waals surface area contributed by atoms with Gasteiger partial charge in [0.25, 0.3) is 0 Å². The number of hydrogen-bond donors (Lipinski definition) is 2. The van der Waals surface area contributed by atoms with Crippen LogP contribution < -0.4 is 0 Å². The van der Waals surface area contributed by atoms with Crippen molar-refractivity contribution in [3.63, 3.8) is 0 Å². The van der Waals surface area contributed by atoms with E-state index in [4.69, 9.17) is 10.2 Å². The fourth-order valence-corrected chi connectivity index (χ4v) is 1.67. The molecule has 0 saturated carbocycles. The van der Waals surface area contributed by atoms with Crippen LogP contribution in [0.1, 0.15) is 19.3 Å². The first-order valence-corrected chi connectivity index (χ1v) is 4.99. The molecule has 0 unspecified atom stereocenters. The van der Waals surface area contributed by atoms with Crippen molar-refractivity contribution in [1.82, 2.24) is 4.90 Å². The van der Waals surface area contributed by atoms with Gasteiger partial charge in [0.15, 0.2) is 0 Å². The van der Waals surface area contributed by atoms with Gasteiger partial charge in [0.05, 0.1) is 0 Å². The minimum Gasteiger partial charge on any atom is -0.478 e. The van der Waals surface area contributed by atoms with Gasteiger partial charge in [-0.2, -0.15) is 0 Å². The topological polar surface area (TPSA) is 77.8 Å². The molecule has 0 atom stereocenters. The molecule has 16 heavy (non-hydrogen) atoms. The van der Waals surface area contributed by atoms with Crippen molar-refractivity contribution in [1.29, 1.82) is 0 Å². The molecule has 0 aliphatic carbocycles. The van der Waals surface area contributed by atoms with Crippen molar-refractivity contribution in [3.8, 4) is 0 Å². The van der Waals surface area contributed by atoms with Crippen molar-refractivity contribution >= 4 is 24.3 Å². The van der Waals surface area contributed by atoms with E-state index in [1.807, 2.05) is 0 Å². The molecule has 92 valence electrons. The van der Waals surface area contributed by atoms with Gasteiger partial charge in [-0.25, -0.2) is 9.59 Å². The van der Waals surface area contributed by atoms with Gasteiger partial charge in [0.2, 0.25) is 0 Å². The summed E-state index contributed by atoms with van der Waals surface area (Å²) >= 11 is 0. The van der Waals surface area contributed by atoms with Gasteiger partial charge >= 0.3 is 11.9 Å². The molecular formula is C10H16ClNO4. The molecule has 1 aliphatic rings. The maximum Gasteiger partial charge on any atom is 0.331 e. The summed E-state index contributed by atoms with van der Waals surface area (Å²) in [5, 5.41) is 17.2. The number of carbonyl (C=O) groups is 2. The van der Waals surface area contributed by atoms with Crippen LogP contribution in [0.4, 0.5) is 0 Å². The lowest BCUT2D eigenvalue weighted by atomic mass is 10.1. The zero-order valence-corrected chi connectivity index (χ0v) is 9.70. The predicted molar refractivity (Wildman–Crippen MR) is 60.9 cm³/mol. The van der Waals surface area contributed by atoms with Gasteiger partial charge in [-0.3, -0.25) is 0 Å². The maximum atomic E-state index is 10.7. The molecule has 1 fully saturated rings. The lowest BCUT2D eigenvalue weighted by molar-refractivity contribution is -0.135. The van der Waals surface area contributed by atoms with Crippen LogP contribution in [-0.2, 0) is 9.59 Å². The smallest absolute Gasteiger partial charge is 0.331 e. The van der Waals surface area contributed by atoms with Crippen molar-refractivity contribution in [2.24, 2.45) is 0 Å². The Kier molecular flexibility index (Phi) is 6.76. The Morgan fingerprint density at radius 1 is 1.19 bits per heavy atom. The van der Waals surface area contributed by atoms with E-state index >= 15 is 0 Å². The largest absolute Gasteiger partial charge is 0.478 e. The minimum atomic E-state index is -1.20. The fraction of sp³-hybridized carbons (Fsp3) is 0.600. The Bertz CT molecular complexity index is 285. The van der Waals surface area contributed by atoms with Crippen LogP contribution in [0.15, 0.2) is 11.6 Å². The molecule has 1 saturated heterocycles. The van der Waals surface area contributed by atoms with Gasteiger partial charge in [-0.15, -0.1) is 12.4 Å². The van der Waals surface area contributed by atoms with Crippen LogP contribution >= 0.6 is 12.4 Å². The Balaban J connectivity index is 0.00000225. The molecule has 0 aromatic rings. The van der Waals surface area contributed by atoms with E-state index in [0.29, 0.717) is 13.0 Å². The highest BCUT2D eigenvalue weighted by Crippen LogP contribution is 2.10. The second-order valence-corrected chi connectivity index (χ2v) is 3.61. The second-order valence-electron chi connectivity index (χ2n) is 3.61. The van der Waals surface area contributed by atoms with Gasteiger partial charge in [-0.05, 0) is 32.4 Å². The van der Waals surface area contributed by atoms with Crippen molar-refractivity contribution in [3.05, 3.63) is 11.6 Å². The summed E-state index contributed by atoms with van der Waals surface area (Å²) in [5.41, 5.74) is -0.0330. The summed E-state index contributed by atoms with van der Waals surface area (Å²) in [4.78, 5) is 23.2. The Labute approximate surface area is 100 Å². The predicted octanol–water partition coefficient (Wildman–Crippen LogP) is 0.990. The zero-order valence-electron chi connectivity index (χ0n) is 8.89. The van der Waals surface area contributed by atoms with Crippen LogP contribution in [0, 0.1) is 0 Å². The first-order valence-electron chi connectivity index (χ1n) is 4.99. The van der Waals surface area contributed by atoms with E-state index in [1.54, 1.807) is 0 Å². The van der Waals surface area contributed by atoms with Crippen molar-refractivity contribution in [2.75, 3.05) is 19.6 Å². The van der Waals surface area contributed by atoms with Gasteiger partial charge in [0, 0.05) is 18.2 Å². The number of carboxylic acid groups (broad SMARTS) is 2. The number of hydrogen-bond acceptors (Lipinski definition) is 3. The Morgan fingerprint density at radius 2 is 1.75 bits per heavy atom. The number of halogens is 1. The number of aliphatic carboxylic acids is 2. The maximum absolute atomic E-state index is 10.7. The number of nitrogens with zero attached hydrogens (tertiary/aromatic N) is 1. The molecule has 2 N–H and O–H groups in total. The molecule has 0 aromatic heterocycles. The molecule has 1 rings (SSSR count). The molecule has 0 radical (unpaired) electrons. The average Bonchev–Trinajstić information content (AvgIpc) is 2.63. The monoisotopic (exact) mass is 249 g/mol. The summed E-state index contributed by atoms with van der Waals surface area (Å²) in [6.45, 7) is 2.60. The van der Waals surface area contributed by atoms with Gasteiger partial charge in [-0.1, -0.05) is 0 Å². The van der Waals surface area contributed by atoms with E-state index in [-0.39, 0.29) is 18.0 Å². The van der Waals surface area contributed by atoms with Crippen LogP contribution in [0.25, 0.3) is 0 Å². The van der Waals surface area contributed by atoms with Crippen LogP contribution in [0.5, 0.6) is 0 Å². The summed E-state index contributed by atoms with van der Waals surface area (Å²) in [6, 6.07) is 0. The fourth-order valence-electron chi connectivity index (χ4n) is 1.67. The van der Waals surface area contributed by atoms with E-state index in [1.165, 1.54) is 0 Å². The minimum absolute atomic E-state index is 0. The summed E-state index contributed by atoms with van der Waals surface area (Å²) in [5.74, 6) is -2.34. The highest BCUT2D eigenvalue weighted by Gasteiger charge is 2.14. The van der Waals surface area contributed by atoms with Gasteiger partial charge < -0.3 is 15.1 Å². The van der Waals surface area contributed by atoms with E-state index < -0.39 is 11.9 Å². The summed E-state index contributed by atoms with van der Waals surface area (Å²) in [7, 11) is 0. The van der Waals surface area contributed by atoms with Gasteiger partial charge in [0.1, 0.15) is 0 Å². The molecule has 0 amide bonds. The summed E-state index contributed by atoms with van der Waals surface area (Å²) < 4.78 is 0. The third-order valence-electron chi connectivity index (χ3n) is 2.47. The average molecular weight is 250 g/mol. The van der Waals surface area contributed by atoms with Crippen LogP contribution in [0.3, 0.4) is 0 Å². The third kappa shape index (κ3) is 5.14. The molecule has 6 heteroatoms. The summed E-state index contributed by atoms with van der Waals surface area (Å²) in [6.07, 6.45) is 3.36. The number of carboxylic acids is 2.